The lowest BCUT2D eigenvalue weighted by atomic mass is 10.0. The maximum Gasteiger partial charge on any atom is 0.137 e. The molecule has 1 aliphatic rings. The summed E-state index contributed by atoms with van der Waals surface area (Å²) < 4.78 is 5.20. The van der Waals surface area contributed by atoms with Gasteiger partial charge >= 0.3 is 0 Å². The molecule has 104 valence electrons. The van der Waals surface area contributed by atoms with Gasteiger partial charge in [-0.2, -0.15) is 0 Å². The number of benzene rings is 2. The van der Waals surface area contributed by atoms with Gasteiger partial charge in [0.05, 0.1) is 12.1 Å². The van der Waals surface area contributed by atoms with Crippen molar-refractivity contribution >= 4 is 27.5 Å². The summed E-state index contributed by atoms with van der Waals surface area (Å²) in [4.78, 5) is 0.344. The van der Waals surface area contributed by atoms with E-state index < -0.39 is 0 Å². The van der Waals surface area contributed by atoms with Crippen molar-refractivity contribution in [1.29, 1.82) is 0 Å². The van der Waals surface area contributed by atoms with E-state index >= 15 is 0 Å². The molecule has 0 aliphatic heterocycles. The van der Waals surface area contributed by atoms with E-state index in [1.807, 2.05) is 12.1 Å². The van der Waals surface area contributed by atoms with Crippen molar-refractivity contribution in [3.63, 3.8) is 0 Å². The van der Waals surface area contributed by atoms with Crippen molar-refractivity contribution in [2.45, 2.75) is 17.2 Å². The number of halogens is 2. The molecule has 1 saturated carbocycles. The van der Waals surface area contributed by atoms with Crippen molar-refractivity contribution in [3.8, 4) is 5.75 Å². The third kappa shape index (κ3) is 2.72. The van der Waals surface area contributed by atoms with E-state index in [4.69, 9.17) is 16.3 Å². The highest BCUT2D eigenvalue weighted by Crippen LogP contribution is 2.57. The minimum absolute atomic E-state index is 0.344. The van der Waals surface area contributed by atoms with Crippen LogP contribution >= 0.6 is 27.5 Å². The smallest absolute Gasteiger partial charge is 0.137 e. The number of methoxy groups -OCH3 is 1. The summed E-state index contributed by atoms with van der Waals surface area (Å²) in [6.07, 6.45) is 1.23. The first-order valence-electron chi connectivity index (χ1n) is 6.73. The maximum absolute atomic E-state index is 6.21. The van der Waals surface area contributed by atoms with E-state index in [9.17, 15) is 0 Å². The van der Waals surface area contributed by atoms with E-state index in [0.29, 0.717) is 21.7 Å². The zero-order valence-corrected chi connectivity index (χ0v) is 13.6. The normalized spacial score (nSPS) is 22.4. The molecule has 2 aromatic rings. The zero-order chi connectivity index (χ0) is 14.1. The molecule has 0 heterocycles. The van der Waals surface area contributed by atoms with Gasteiger partial charge in [-0.3, -0.25) is 0 Å². The Morgan fingerprint density at radius 2 is 1.95 bits per heavy atom. The standard InChI is InChI=1S/C17H16BrClO/c1-20-16-8-7-12(9-15(16)19)17(18)14-10-13(14)11-5-3-2-4-6-11/h2-9,13-14,17H,10H2,1H3. The average Bonchev–Trinajstić information content (AvgIpc) is 3.28. The number of hydrogen-bond acceptors (Lipinski definition) is 1. The lowest BCUT2D eigenvalue weighted by molar-refractivity contribution is 0.415. The highest BCUT2D eigenvalue weighted by atomic mass is 79.9. The number of hydrogen-bond donors (Lipinski definition) is 0. The van der Waals surface area contributed by atoms with Crippen LogP contribution in [0.2, 0.25) is 5.02 Å². The molecule has 3 rings (SSSR count). The summed E-state index contributed by atoms with van der Waals surface area (Å²) in [6.45, 7) is 0. The van der Waals surface area contributed by atoms with Crippen LogP contribution in [-0.4, -0.2) is 7.11 Å². The minimum Gasteiger partial charge on any atom is -0.495 e. The Balaban J connectivity index is 1.75. The highest BCUT2D eigenvalue weighted by Gasteiger charge is 2.43. The quantitative estimate of drug-likeness (QED) is 0.653. The van der Waals surface area contributed by atoms with E-state index in [2.05, 4.69) is 52.3 Å². The Bertz CT molecular complexity index is 599. The molecule has 0 aromatic heterocycles. The summed E-state index contributed by atoms with van der Waals surface area (Å²) in [5.74, 6) is 2.02. The third-order valence-electron chi connectivity index (χ3n) is 3.94. The molecular formula is C17H16BrClO. The van der Waals surface area contributed by atoms with Gasteiger partial charge in [0.25, 0.3) is 0 Å². The first-order valence-corrected chi connectivity index (χ1v) is 8.02. The topological polar surface area (TPSA) is 9.23 Å². The Morgan fingerprint density at radius 3 is 2.60 bits per heavy atom. The molecule has 20 heavy (non-hydrogen) atoms. The van der Waals surface area contributed by atoms with Crippen LogP contribution in [0.1, 0.15) is 28.3 Å². The summed E-state index contributed by atoms with van der Waals surface area (Å²) in [5, 5.41) is 0.673. The van der Waals surface area contributed by atoms with Crippen LogP contribution in [0.3, 0.4) is 0 Å². The molecule has 1 aliphatic carbocycles. The van der Waals surface area contributed by atoms with E-state index in [0.717, 1.165) is 5.75 Å². The van der Waals surface area contributed by atoms with Crippen molar-refractivity contribution in [1.82, 2.24) is 0 Å². The Labute approximate surface area is 133 Å². The SMILES string of the molecule is COc1ccc(C(Br)C2CC2c2ccccc2)cc1Cl. The summed E-state index contributed by atoms with van der Waals surface area (Å²) in [6, 6.07) is 16.7. The molecule has 2 aromatic carbocycles. The number of rotatable bonds is 4. The lowest BCUT2D eigenvalue weighted by Crippen LogP contribution is -1.95. The summed E-state index contributed by atoms with van der Waals surface area (Å²) >= 11 is 10.0. The van der Waals surface area contributed by atoms with Crippen molar-refractivity contribution < 1.29 is 4.74 Å². The molecular weight excluding hydrogens is 336 g/mol. The molecule has 3 unspecified atom stereocenters. The van der Waals surface area contributed by atoms with E-state index in [1.165, 1.54) is 17.5 Å². The zero-order valence-electron chi connectivity index (χ0n) is 11.2. The minimum atomic E-state index is 0.344. The van der Waals surface area contributed by atoms with Crippen LogP contribution in [0.5, 0.6) is 5.75 Å². The van der Waals surface area contributed by atoms with Gasteiger partial charge < -0.3 is 4.74 Å². The van der Waals surface area contributed by atoms with Crippen LogP contribution in [0.4, 0.5) is 0 Å². The highest BCUT2D eigenvalue weighted by molar-refractivity contribution is 9.09. The van der Waals surface area contributed by atoms with Crippen LogP contribution in [0.25, 0.3) is 0 Å². The molecule has 0 saturated heterocycles. The second-order valence-corrected chi connectivity index (χ2v) is 6.61. The van der Waals surface area contributed by atoms with Crippen molar-refractivity contribution in [2.24, 2.45) is 5.92 Å². The van der Waals surface area contributed by atoms with Crippen LogP contribution in [-0.2, 0) is 0 Å². The number of alkyl halides is 1. The molecule has 0 amide bonds. The van der Waals surface area contributed by atoms with Crippen LogP contribution in [0.15, 0.2) is 48.5 Å². The van der Waals surface area contributed by atoms with Gasteiger partial charge in [-0.15, -0.1) is 0 Å². The van der Waals surface area contributed by atoms with Crippen LogP contribution < -0.4 is 4.74 Å². The molecule has 0 bridgehead atoms. The summed E-state index contributed by atoms with van der Waals surface area (Å²) in [7, 11) is 1.64. The maximum atomic E-state index is 6.21. The number of ether oxygens (including phenoxy) is 1. The van der Waals surface area contributed by atoms with Gasteiger partial charge in [-0.1, -0.05) is 63.9 Å². The Morgan fingerprint density at radius 1 is 1.20 bits per heavy atom. The molecule has 1 fully saturated rings. The third-order valence-corrected chi connectivity index (χ3v) is 5.44. The first-order chi connectivity index (χ1) is 9.70. The van der Waals surface area contributed by atoms with Crippen molar-refractivity contribution in [3.05, 3.63) is 64.7 Å². The molecule has 0 spiro atoms. The van der Waals surface area contributed by atoms with Gasteiger partial charge in [-0.25, -0.2) is 0 Å². The van der Waals surface area contributed by atoms with Gasteiger partial charge in [0.15, 0.2) is 0 Å². The molecule has 1 nitrogen and oxygen atoms in total. The monoisotopic (exact) mass is 350 g/mol. The lowest BCUT2D eigenvalue weighted by Gasteiger charge is -2.12. The second kappa shape index (κ2) is 5.79. The van der Waals surface area contributed by atoms with Gasteiger partial charge in [-0.05, 0) is 41.5 Å². The van der Waals surface area contributed by atoms with Crippen LogP contribution in [0, 0.1) is 5.92 Å². The summed E-state index contributed by atoms with van der Waals surface area (Å²) in [5.41, 5.74) is 2.65. The largest absolute Gasteiger partial charge is 0.495 e. The van der Waals surface area contributed by atoms with E-state index in [1.54, 1.807) is 7.11 Å². The van der Waals surface area contributed by atoms with E-state index in [-0.39, 0.29) is 0 Å². The van der Waals surface area contributed by atoms with Gasteiger partial charge in [0, 0.05) is 4.83 Å². The average molecular weight is 352 g/mol. The Kier molecular flexibility index (Phi) is 4.04. The fraction of sp³-hybridized carbons (Fsp3) is 0.294. The van der Waals surface area contributed by atoms with Gasteiger partial charge in [0.2, 0.25) is 0 Å². The van der Waals surface area contributed by atoms with Gasteiger partial charge in [0.1, 0.15) is 5.75 Å². The predicted octanol–water partition coefficient (Wildman–Crippen LogP) is 5.59. The second-order valence-electron chi connectivity index (χ2n) is 5.21. The predicted molar refractivity (Wildman–Crippen MR) is 87.0 cm³/mol. The molecule has 0 N–H and O–H groups in total. The fourth-order valence-electron chi connectivity index (χ4n) is 2.72. The van der Waals surface area contributed by atoms with Crippen molar-refractivity contribution in [2.75, 3.05) is 7.11 Å². The molecule has 0 radical (unpaired) electrons. The molecule has 3 atom stereocenters. The fourth-order valence-corrected chi connectivity index (χ4v) is 3.86. The first kappa shape index (κ1) is 14.0. The Hall–Kier alpha value is -0.990. The molecule has 3 heteroatoms.